The highest BCUT2D eigenvalue weighted by molar-refractivity contribution is 5.98. The molecule has 0 spiro atoms. The molecule has 0 aliphatic heterocycles. The van der Waals surface area contributed by atoms with E-state index in [4.69, 9.17) is 0 Å². The molecule has 0 heterocycles. The third-order valence-corrected chi connectivity index (χ3v) is 3.20. The minimum Gasteiger partial charge on any atom is -0.480 e. The molecule has 0 aromatic heterocycles. The van der Waals surface area contributed by atoms with Crippen LogP contribution >= 0.6 is 0 Å². The molecule has 0 bridgehead atoms. The first-order valence-corrected chi connectivity index (χ1v) is 6.02. The van der Waals surface area contributed by atoms with Crippen molar-refractivity contribution in [3.8, 4) is 0 Å². The van der Waals surface area contributed by atoms with E-state index in [-0.39, 0.29) is 18.8 Å². The van der Waals surface area contributed by atoms with Crippen LogP contribution in [0.1, 0.15) is 39.5 Å². The smallest absolute Gasteiger partial charge is 0.321 e. The molecule has 0 radical (unpaired) electrons. The highest BCUT2D eigenvalue weighted by Crippen LogP contribution is 2.35. The van der Waals surface area contributed by atoms with Crippen LogP contribution in [-0.2, 0) is 9.59 Å². The van der Waals surface area contributed by atoms with E-state index in [0.29, 0.717) is 12.8 Å². The number of aliphatic carboxylic acids is 2. The summed E-state index contributed by atoms with van der Waals surface area (Å²) in [6, 6.07) is 0. The van der Waals surface area contributed by atoms with Crippen LogP contribution in [-0.4, -0.2) is 22.2 Å². The predicted molar refractivity (Wildman–Crippen MR) is 70.3 cm³/mol. The van der Waals surface area contributed by atoms with Gasteiger partial charge in [-0.15, -0.1) is 13.2 Å². The summed E-state index contributed by atoms with van der Waals surface area (Å²) in [6.45, 7) is 10.9. The zero-order valence-electron chi connectivity index (χ0n) is 11.1. The summed E-state index contributed by atoms with van der Waals surface area (Å²) in [5.41, 5.74) is -0.786. The van der Waals surface area contributed by atoms with Crippen molar-refractivity contribution in [2.45, 2.75) is 39.5 Å². The second-order valence-electron chi connectivity index (χ2n) is 4.80. The van der Waals surface area contributed by atoms with Crippen molar-refractivity contribution in [2.75, 3.05) is 0 Å². The van der Waals surface area contributed by atoms with E-state index < -0.39 is 17.4 Å². The van der Waals surface area contributed by atoms with Gasteiger partial charge in [0.2, 0.25) is 0 Å². The molecule has 0 aliphatic carbocycles. The van der Waals surface area contributed by atoms with Crippen molar-refractivity contribution in [3.63, 3.8) is 0 Å². The Hall–Kier alpha value is -1.58. The van der Waals surface area contributed by atoms with Gasteiger partial charge in [0.1, 0.15) is 0 Å². The van der Waals surface area contributed by atoms with Crippen LogP contribution in [0.5, 0.6) is 0 Å². The summed E-state index contributed by atoms with van der Waals surface area (Å²) >= 11 is 0. The van der Waals surface area contributed by atoms with E-state index in [1.165, 1.54) is 0 Å². The van der Waals surface area contributed by atoms with Gasteiger partial charge in [0.05, 0.1) is 0 Å². The second kappa shape index (κ2) is 6.99. The number of hydrogen-bond acceptors (Lipinski definition) is 2. The molecule has 0 rings (SSSR count). The first-order valence-electron chi connectivity index (χ1n) is 6.02. The van der Waals surface area contributed by atoms with Crippen LogP contribution in [0.15, 0.2) is 24.8 Å². The maximum atomic E-state index is 11.3. The Morgan fingerprint density at radius 3 is 2.11 bits per heavy atom. The molecule has 0 amide bonds. The zero-order chi connectivity index (χ0) is 14.3. The fourth-order valence-electron chi connectivity index (χ4n) is 2.17. The molecule has 0 aromatic rings. The van der Waals surface area contributed by atoms with Crippen molar-refractivity contribution in [3.05, 3.63) is 24.8 Å². The van der Waals surface area contributed by atoms with Gasteiger partial charge in [0, 0.05) is 0 Å². The summed E-state index contributed by atoms with van der Waals surface area (Å²) in [5.74, 6) is -2.59. The Morgan fingerprint density at radius 2 is 1.83 bits per heavy atom. The lowest BCUT2D eigenvalue weighted by Crippen LogP contribution is -2.40. The standard InChI is InChI=1S/C14H22O4/c1-5-7-11(8-10(3)4)9-14(6-2,12(15)16)13(17)18/h5,11H,1,3,6-9H2,2,4H3,(H,15,16)(H,17,18). The SMILES string of the molecule is C=CCC(CC(=C)C)CC(CC)(C(=O)O)C(=O)O. The molecule has 0 fully saturated rings. The molecule has 4 heteroatoms. The molecule has 0 aliphatic rings. The molecule has 0 aromatic carbocycles. The average Bonchev–Trinajstić information content (AvgIpc) is 2.24. The molecular weight excluding hydrogens is 232 g/mol. The van der Waals surface area contributed by atoms with Gasteiger partial charge in [0.15, 0.2) is 5.41 Å². The van der Waals surface area contributed by atoms with Gasteiger partial charge in [-0.25, -0.2) is 0 Å². The quantitative estimate of drug-likeness (QED) is 0.489. The molecule has 102 valence electrons. The lowest BCUT2D eigenvalue weighted by molar-refractivity contribution is -0.166. The van der Waals surface area contributed by atoms with Gasteiger partial charge in [-0.2, -0.15) is 0 Å². The zero-order valence-corrected chi connectivity index (χ0v) is 11.1. The summed E-state index contributed by atoms with van der Waals surface area (Å²) in [6.07, 6.45) is 3.08. The van der Waals surface area contributed by atoms with Crippen LogP contribution < -0.4 is 0 Å². The van der Waals surface area contributed by atoms with Gasteiger partial charge >= 0.3 is 11.9 Å². The number of rotatable bonds is 9. The Labute approximate surface area is 108 Å². The largest absolute Gasteiger partial charge is 0.480 e. The molecule has 18 heavy (non-hydrogen) atoms. The molecule has 1 unspecified atom stereocenters. The maximum Gasteiger partial charge on any atom is 0.321 e. The third kappa shape index (κ3) is 4.02. The molecule has 0 saturated carbocycles. The van der Waals surface area contributed by atoms with E-state index in [0.717, 1.165) is 5.57 Å². The summed E-state index contributed by atoms with van der Waals surface area (Å²) in [7, 11) is 0. The number of carboxylic acids is 2. The van der Waals surface area contributed by atoms with Crippen LogP contribution in [0, 0.1) is 11.3 Å². The van der Waals surface area contributed by atoms with E-state index >= 15 is 0 Å². The fourth-order valence-corrected chi connectivity index (χ4v) is 2.17. The lowest BCUT2D eigenvalue weighted by atomic mass is 9.74. The maximum absolute atomic E-state index is 11.3. The monoisotopic (exact) mass is 254 g/mol. The number of hydrogen-bond donors (Lipinski definition) is 2. The molecule has 0 saturated heterocycles. The lowest BCUT2D eigenvalue weighted by Gasteiger charge is -2.28. The van der Waals surface area contributed by atoms with Crippen molar-refractivity contribution in [2.24, 2.45) is 11.3 Å². The number of carboxylic acid groups (broad SMARTS) is 2. The first kappa shape index (κ1) is 16.4. The van der Waals surface area contributed by atoms with E-state index in [1.54, 1.807) is 13.0 Å². The fraction of sp³-hybridized carbons (Fsp3) is 0.571. The predicted octanol–water partition coefficient (Wildman–Crippen LogP) is 3.10. The van der Waals surface area contributed by atoms with Crippen LogP contribution in [0.2, 0.25) is 0 Å². The van der Waals surface area contributed by atoms with Gasteiger partial charge in [-0.1, -0.05) is 18.6 Å². The average molecular weight is 254 g/mol. The normalized spacial score (nSPS) is 12.8. The molecule has 4 nitrogen and oxygen atoms in total. The Kier molecular flexibility index (Phi) is 6.37. The van der Waals surface area contributed by atoms with Gasteiger partial charge in [-0.3, -0.25) is 9.59 Å². The minimum absolute atomic E-state index is 0.0489. The topological polar surface area (TPSA) is 74.6 Å². The molecule has 1 atom stereocenters. The minimum atomic E-state index is -1.71. The van der Waals surface area contributed by atoms with Crippen molar-refractivity contribution >= 4 is 11.9 Å². The van der Waals surface area contributed by atoms with Gasteiger partial charge < -0.3 is 10.2 Å². The molecular formula is C14H22O4. The molecule has 2 N–H and O–H groups in total. The van der Waals surface area contributed by atoms with Crippen molar-refractivity contribution in [1.82, 2.24) is 0 Å². The Balaban J connectivity index is 5.13. The van der Waals surface area contributed by atoms with Gasteiger partial charge in [-0.05, 0) is 38.5 Å². The Morgan fingerprint density at radius 1 is 1.33 bits per heavy atom. The third-order valence-electron chi connectivity index (χ3n) is 3.20. The first-order chi connectivity index (χ1) is 8.30. The van der Waals surface area contributed by atoms with E-state index in [9.17, 15) is 19.8 Å². The summed E-state index contributed by atoms with van der Waals surface area (Å²) < 4.78 is 0. The summed E-state index contributed by atoms with van der Waals surface area (Å²) in [4.78, 5) is 22.6. The highest BCUT2D eigenvalue weighted by atomic mass is 16.4. The summed E-state index contributed by atoms with van der Waals surface area (Å²) in [5, 5.41) is 18.4. The van der Waals surface area contributed by atoms with Crippen LogP contribution in [0.4, 0.5) is 0 Å². The van der Waals surface area contributed by atoms with Crippen molar-refractivity contribution in [1.29, 1.82) is 0 Å². The van der Waals surface area contributed by atoms with E-state index in [2.05, 4.69) is 13.2 Å². The number of allylic oxidation sites excluding steroid dienone is 2. The number of carbonyl (C=O) groups is 2. The highest BCUT2D eigenvalue weighted by Gasteiger charge is 2.46. The van der Waals surface area contributed by atoms with Crippen molar-refractivity contribution < 1.29 is 19.8 Å². The second-order valence-corrected chi connectivity index (χ2v) is 4.80. The Bertz CT molecular complexity index is 330. The van der Waals surface area contributed by atoms with E-state index in [1.807, 2.05) is 6.92 Å². The van der Waals surface area contributed by atoms with Gasteiger partial charge in [0.25, 0.3) is 0 Å². The van der Waals surface area contributed by atoms with Crippen LogP contribution in [0.25, 0.3) is 0 Å². The van der Waals surface area contributed by atoms with Crippen LogP contribution in [0.3, 0.4) is 0 Å².